The lowest BCUT2D eigenvalue weighted by Gasteiger charge is -2.37. The lowest BCUT2D eigenvalue weighted by molar-refractivity contribution is -0.116. The Morgan fingerprint density at radius 1 is 0.853 bits per heavy atom. The van der Waals surface area contributed by atoms with Gasteiger partial charge in [0.2, 0.25) is 5.91 Å². The van der Waals surface area contributed by atoms with Crippen LogP contribution in [0.15, 0.2) is 91.0 Å². The maximum atomic E-state index is 12.6. The molecular formula is C29H24N2O3. The molecule has 168 valence electrons. The molecule has 1 amide bonds. The molecule has 0 aliphatic carbocycles. The second-order valence-corrected chi connectivity index (χ2v) is 8.73. The van der Waals surface area contributed by atoms with Crippen LogP contribution in [0.2, 0.25) is 0 Å². The number of ether oxygens (including phenoxy) is 2. The smallest absolute Gasteiger partial charge is 0.224 e. The summed E-state index contributed by atoms with van der Waals surface area (Å²) in [5, 5.41) is 3.01. The van der Waals surface area contributed by atoms with E-state index >= 15 is 0 Å². The standard InChI is InChI=1S/C29H24N2O3/c30-21-11-13-24-26(16-21)34-27-17-22(31-28(32)15-10-19-6-2-1-3-7-19)12-14-25(27)29(24)23-9-5-4-8-20(23)18-33-29/h1-9,11-14,16-17H,10,15,18,30H2,(H,31,32). The molecule has 2 heterocycles. The highest BCUT2D eigenvalue weighted by Gasteiger charge is 2.49. The number of hydrogen-bond acceptors (Lipinski definition) is 4. The van der Waals surface area contributed by atoms with Crippen LogP contribution in [0.4, 0.5) is 11.4 Å². The fourth-order valence-corrected chi connectivity index (χ4v) is 4.98. The Labute approximate surface area is 198 Å². The number of fused-ring (bicyclic) bond motifs is 6. The maximum Gasteiger partial charge on any atom is 0.224 e. The monoisotopic (exact) mass is 448 g/mol. The number of anilines is 2. The second-order valence-electron chi connectivity index (χ2n) is 8.73. The lowest BCUT2D eigenvalue weighted by Crippen LogP contribution is -2.32. The molecule has 1 spiro atoms. The number of carbonyl (C=O) groups is 1. The van der Waals surface area contributed by atoms with Gasteiger partial charge in [-0.3, -0.25) is 4.79 Å². The van der Waals surface area contributed by atoms with E-state index in [0.717, 1.165) is 27.8 Å². The molecule has 6 rings (SSSR count). The van der Waals surface area contributed by atoms with Gasteiger partial charge >= 0.3 is 0 Å². The molecule has 0 saturated carbocycles. The number of nitrogen functional groups attached to an aromatic ring is 1. The highest BCUT2D eigenvalue weighted by atomic mass is 16.5. The van der Waals surface area contributed by atoms with Crippen molar-refractivity contribution in [1.82, 2.24) is 0 Å². The van der Waals surface area contributed by atoms with Crippen molar-refractivity contribution in [2.45, 2.75) is 25.0 Å². The van der Waals surface area contributed by atoms with E-state index in [2.05, 4.69) is 17.4 Å². The van der Waals surface area contributed by atoms with E-state index in [1.54, 1.807) is 0 Å². The molecule has 3 N–H and O–H groups in total. The molecule has 0 aromatic heterocycles. The topological polar surface area (TPSA) is 73.6 Å². The van der Waals surface area contributed by atoms with Crippen molar-refractivity contribution in [3.8, 4) is 11.5 Å². The molecule has 2 aliphatic heterocycles. The van der Waals surface area contributed by atoms with Gasteiger partial charge in [0.25, 0.3) is 0 Å². The third-order valence-corrected chi connectivity index (χ3v) is 6.57. The Bertz CT molecular complexity index is 1400. The average Bonchev–Trinajstić information content (AvgIpc) is 3.23. The van der Waals surface area contributed by atoms with Crippen LogP contribution in [0.5, 0.6) is 11.5 Å². The number of nitrogens with one attached hydrogen (secondary N) is 1. The summed E-state index contributed by atoms with van der Waals surface area (Å²) < 4.78 is 12.8. The Morgan fingerprint density at radius 2 is 1.59 bits per heavy atom. The molecule has 2 aliphatic rings. The Balaban J connectivity index is 1.35. The van der Waals surface area contributed by atoms with Crippen molar-refractivity contribution in [3.63, 3.8) is 0 Å². The molecular weight excluding hydrogens is 424 g/mol. The summed E-state index contributed by atoms with van der Waals surface area (Å²) in [5.74, 6) is 1.27. The van der Waals surface area contributed by atoms with Gasteiger partial charge in [-0.05, 0) is 47.4 Å². The summed E-state index contributed by atoms with van der Waals surface area (Å²) in [4.78, 5) is 12.6. The first-order valence-corrected chi connectivity index (χ1v) is 11.4. The molecule has 0 radical (unpaired) electrons. The van der Waals surface area contributed by atoms with Crippen molar-refractivity contribution in [1.29, 1.82) is 0 Å². The predicted molar refractivity (Wildman–Crippen MR) is 132 cm³/mol. The van der Waals surface area contributed by atoms with Gasteiger partial charge in [0.05, 0.1) is 6.61 Å². The van der Waals surface area contributed by atoms with Crippen LogP contribution in [0.25, 0.3) is 0 Å². The summed E-state index contributed by atoms with van der Waals surface area (Å²) >= 11 is 0. The fourth-order valence-electron chi connectivity index (χ4n) is 4.98. The first kappa shape index (κ1) is 20.5. The fraction of sp³-hybridized carbons (Fsp3) is 0.138. The van der Waals surface area contributed by atoms with Gasteiger partial charge in [0.1, 0.15) is 11.5 Å². The molecule has 5 nitrogen and oxygen atoms in total. The van der Waals surface area contributed by atoms with Crippen molar-refractivity contribution in [2.24, 2.45) is 0 Å². The molecule has 0 fully saturated rings. The van der Waals surface area contributed by atoms with Gasteiger partial charge in [-0.15, -0.1) is 0 Å². The second kappa shape index (κ2) is 8.04. The van der Waals surface area contributed by atoms with E-state index in [9.17, 15) is 4.79 Å². The third kappa shape index (κ3) is 3.33. The lowest BCUT2D eigenvalue weighted by atomic mass is 9.77. The molecule has 34 heavy (non-hydrogen) atoms. The third-order valence-electron chi connectivity index (χ3n) is 6.57. The van der Waals surface area contributed by atoms with E-state index in [0.29, 0.717) is 42.3 Å². The minimum atomic E-state index is -0.775. The highest BCUT2D eigenvalue weighted by Crippen LogP contribution is 2.56. The number of hydrogen-bond donors (Lipinski definition) is 2. The first-order valence-electron chi connectivity index (χ1n) is 11.4. The molecule has 5 heteroatoms. The van der Waals surface area contributed by atoms with Gasteiger partial charge in [0.15, 0.2) is 5.60 Å². The normalized spacial score (nSPS) is 17.4. The van der Waals surface area contributed by atoms with Gasteiger partial charge < -0.3 is 20.5 Å². The summed E-state index contributed by atoms with van der Waals surface area (Å²) in [6, 6.07) is 29.7. The van der Waals surface area contributed by atoms with Crippen LogP contribution in [0.1, 0.15) is 34.2 Å². The van der Waals surface area contributed by atoms with Gasteiger partial charge in [-0.2, -0.15) is 0 Å². The molecule has 1 atom stereocenters. The molecule has 0 bridgehead atoms. The van der Waals surface area contributed by atoms with Crippen LogP contribution in [-0.2, 0) is 28.2 Å². The predicted octanol–water partition coefficient (Wildman–Crippen LogP) is 5.77. The van der Waals surface area contributed by atoms with Crippen molar-refractivity contribution < 1.29 is 14.3 Å². The van der Waals surface area contributed by atoms with Crippen LogP contribution in [-0.4, -0.2) is 5.91 Å². The minimum absolute atomic E-state index is 0.0403. The van der Waals surface area contributed by atoms with Crippen LogP contribution in [0.3, 0.4) is 0 Å². The summed E-state index contributed by atoms with van der Waals surface area (Å²) in [6.45, 7) is 0.511. The Hall–Kier alpha value is -4.09. The number of nitrogens with two attached hydrogens (primary N) is 1. The van der Waals surface area contributed by atoms with Crippen molar-refractivity contribution in [3.05, 3.63) is 119 Å². The quantitative estimate of drug-likeness (QED) is 0.389. The summed E-state index contributed by atoms with van der Waals surface area (Å²) in [5.41, 5.74) is 11.8. The first-order chi connectivity index (χ1) is 16.6. The molecule has 4 aromatic carbocycles. The number of rotatable bonds is 4. The Kier molecular flexibility index (Phi) is 4.85. The van der Waals surface area contributed by atoms with Crippen molar-refractivity contribution >= 4 is 17.3 Å². The SMILES string of the molecule is Nc1ccc2c(c1)Oc1cc(NC(=O)CCc3ccccc3)ccc1C21OCc2ccccc21. The largest absolute Gasteiger partial charge is 0.456 e. The van der Waals surface area contributed by atoms with E-state index < -0.39 is 5.60 Å². The van der Waals surface area contributed by atoms with E-state index in [-0.39, 0.29) is 5.91 Å². The summed E-state index contributed by atoms with van der Waals surface area (Å²) in [6.07, 6.45) is 1.09. The molecule has 1 unspecified atom stereocenters. The zero-order valence-electron chi connectivity index (χ0n) is 18.6. The van der Waals surface area contributed by atoms with Gasteiger partial charge in [0, 0.05) is 41.1 Å². The van der Waals surface area contributed by atoms with E-state index in [4.69, 9.17) is 15.2 Å². The highest BCUT2D eigenvalue weighted by molar-refractivity contribution is 5.91. The van der Waals surface area contributed by atoms with Crippen LogP contribution >= 0.6 is 0 Å². The minimum Gasteiger partial charge on any atom is -0.456 e. The summed E-state index contributed by atoms with van der Waals surface area (Å²) in [7, 11) is 0. The van der Waals surface area contributed by atoms with Crippen molar-refractivity contribution in [2.75, 3.05) is 11.1 Å². The zero-order valence-corrected chi connectivity index (χ0v) is 18.6. The van der Waals surface area contributed by atoms with Gasteiger partial charge in [-0.25, -0.2) is 0 Å². The van der Waals surface area contributed by atoms with E-state index in [1.165, 1.54) is 0 Å². The van der Waals surface area contributed by atoms with Crippen LogP contribution in [0, 0.1) is 0 Å². The number of aryl methyl sites for hydroxylation is 1. The number of carbonyl (C=O) groups excluding carboxylic acids is 1. The van der Waals surface area contributed by atoms with E-state index in [1.807, 2.05) is 78.9 Å². The molecule has 4 aromatic rings. The maximum absolute atomic E-state index is 12.6. The Morgan fingerprint density at radius 3 is 2.44 bits per heavy atom. The van der Waals surface area contributed by atoms with Gasteiger partial charge in [-0.1, -0.05) is 54.6 Å². The molecule has 0 saturated heterocycles. The number of benzene rings is 4. The average molecular weight is 449 g/mol. The number of amides is 1. The zero-order chi connectivity index (χ0) is 23.1. The van der Waals surface area contributed by atoms with Crippen LogP contribution < -0.4 is 15.8 Å².